The molecule has 0 aliphatic carbocycles. The Morgan fingerprint density at radius 3 is 2.81 bits per heavy atom. The third-order valence-electron chi connectivity index (χ3n) is 4.77. The number of aromatic nitrogens is 3. The van der Waals surface area contributed by atoms with Crippen molar-refractivity contribution in [2.75, 3.05) is 25.1 Å². The van der Waals surface area contributed by atoms with Crippen LogP contribution in [0, 0.1) is 5.82 Å². The fourth-order valence-corrected chi connectivity index (χ4v) is 3.27. The third kappa shape index (κ3) is 4.14. The maximum absolute atomic E-state index is 13.0. The van der Waals surface area contributed by atoms with Gasteiger partial charge in [0, 0.05) is 32.8 Å². The molecule has 140 valence electrons. The molecule has 0 saturated carbocycles. The molecule has 1 aliphatic heterocycles. The van der Waals surface area contributed by atoms with Crippen LogP contribution in [0.4, 0.5) is 10.2 Å². The second-order valence-electron chi connectivity index (χ2n) is 6.67. The smallest absolute Gasteiger partial charge is 0.259 e. The van der Waals surface area contributed by atoms with Crippen LogP contribution in [0.2, 0.25) is 0 Å². The van der Waals surface area contributed by atoms with E-state index < -0.39 is 0 Å². The highest BCUT2D eigenvalue weighted by molar-refractivity contribution is 5.55. The number of anilines is 1. The zero-order chi connectivity index (χ0) is 18.6. The van der Waals surface area contributed by atoms with Crippen molar-refractivity contribution in [2.45, 2.75) is 25.4 Å². The van der Waals surface area contributed by atoms with Crippen LogP contribution in [0.5, 0.6) is 0 Å². The van der Waals surface area contributed by atoms with Gasteiger partial charge in [-0.2, -0.15) is 4.98 Å². The summed E-state index contributed by atoms with van der Waals surface area (Å²) in [5, 5.41) is 4.01. The van der Waals surface area contributed by atoms with Crippen LogP contribution in [0.15, 0.2) is 47.1 Å². The molecule has 0 radical (unpaired) electrons. The predicted octanol–water partition coefficient (Wildman–Crippen LogP) is 3.48. The molecule has 3 heterocycles. The zero-order valence-corrected chi connectivity index (χ0v) is 15.1. The molecule has 1 atom stereocenters. The summed E-state index contributed by atoms with van der Waals surface area (Å²) in [5.41, 5.74) is 1.70. The summed E-state index contributed by atoms with van der Waals surface area (Å²) >= 11 is 0. The van der Waals surface area contributed by atoms with Crippen molar-refractivity contribution < 1.29 is 13.7 Å². The van der Waals surface area contributed by atoms with E-state index in [1.165, 1.54) is 12.1 Å². The van der Waals surface area contributed by atoms with E-state index in [0.717, 1.165) is 42.9 Å². The normalized spacial score (nSPS) is 17.3. The number of halogens is 1. The summed E-state index contributed by atoms with van der Waals surface area (Å²) in [6, 6.07) is 10.2. The van der Waals surface area contributed by atoms with E-state index in [1.807, 2.05) is 12.1 Å². The number of benzene rings is 1. The fraction of sp³-hybridized carbons (Fsp3) is 0.350. The van der Waals surface area contributed by atoms with Gasteiger partial charge < -0.3 is 14.2 Å². The molecule has 3 aromatic rings. The number of piperidine rings is 1. The summed E-state index contributed by atoms with van der Waals surface area (Å²) in [7, 11) is 1.75. The number of nitrogens with zero attached hydrogens (tertiary/aromatic N) is 4. The van der Waals surface area contributed by atoms with E-state index in [2.05, 4.69) is 20.0 Å². The molecule has 4 rings (SSSR count). The average molecular weight is 368 g/mol. The van der Waals surface area contributed by atoms with Crippen molar-refractivity contribution >= 4 is 5.82 Å². The Labute approximate surface area is 157 Å². The van der Waals surface area contributed by atoms with Gasteiger partial charge in [0.1, 0.15) is 11.6 Å². The van der Waals surface area contributed by atoms with E-state index in [4.69, 9.17) is 9.26 Å². The van der Waals surface area contributed by atoms with Gasteiger partial charge in [-0.1, -0.05) is 17.3 Å². The Morgan fingerprint density at radius 1 is 1.22 bits per heavy atom. The molecule has 1 aromatic carbocycles. The molecule has 0 spiro atoms. The van der Waals surface area contributed by atoms with Gasteiger partial charge in [-0.25, -0.2) is 9.37 Å². The SMILES string of the molecule is COC1CCCN(c2ccc(-c3nc(Cc4ccc(F)cc4)no3)cn2)C1. The minimum Gasteiger partial charge on any atom is -0.380 e. The number of rotatable bonds is 5. The lowest BCUT2D eigenvalue weighted by atomic mass is 10.1. The summed E-state index contributed by atoms with van der Waals surface area (Å²) < 4.78 is 23.8. The first-order valence-corrected chi connectivity index (χ1v) is 9.02. The molecular formula is C20H21FN4O2. The molecule has 1 saturated heterocycles. The van der Waals surface area contributed by atoms with Crippen LogP contribution in [0.3, 0.4) is 0 Å². The van der Waals surface area contributed by atoms with Gasteiger partial charge in [-0.3, -0.25) is 0 Å². The molecule has 1 fully saturated rings. The number of hydrogen-bond donors (Lipinski definition) is 0. The Hall–Kier alpha value is -2.80. The Kier molecular flexibility index (Phi) is 5.11. The van der Waals surface area contributed by atoms with Crippen LogP contribution in [0.1, 0.15) is 24.2 Å². The zero-order valence-electron chi connectivity index (χ0n) is 15.1. The first kappa shape index (κ1) is 17.6. The third-order valence-corrected chi connectivity index (χ3v) is 4.77. The second-order valence-corrected chi connectivity index (χ2v) is 6.67. The van der Waals surface area contributed by atoms with Crippen LogP contribution >= 0.6 is 0 Å². The number of methoxy groups -OCH3 is 1. The molecule has 1 unspecified atom stereocenters. The average Bonchev–Trinajstić information content (AvgIpc) is 3.18. The lowest BCUT2D eigenvalue weighted by Gasteiger charge is -2.32. The Balaban J connectivity index is 1.44. The van der Waals surface area contributed by atoms with Crippen molar-refractivity contribution in [2.24, 2.45) is 0 Å². The fourth-order valence-electron chi connectivity index (χ4n) is 3.27. The molecule has 0 amide bonds. The van der Waals surface area contributed by atoms with Crippen LogP contribution in [0.25, 0.3) is 11.5 Å². The lowest BCUT2D eigenvalue weighted by Crippen LogP contribution is -2.39. The highest BCUT2D eigenvalue weighted by atomic mass is 19.1. The summed E-state index contributed by atoms with van der Waals surface area (Å²) in [5.74, 6) is 1.65. The largest absolute Gasteiger partial charge is 0.380 e. The van der Waals surface area contributed by atoms with E-state index in [9.17, 15) is 4.39 Å². The van der Waals surface area contributed by atoms with Crippen LogP contribution < -0.4 is 4.90 Å². The minimum absolute atomic E-state index is 0.255. The lowest BCUT2D eigenvalue weighted by molar-refractivity contribution is 0.0891. The number of pyridine rings is 1. The van der Waals surface area contributed by atoms with Gasteiger partial charge in [0.15, 0.2) is 5.82 Å². The topological polar surface area (TPSA) is 64.3 Å². The summed E-state index contributed by atoms with van der Waals surface area (Å²) in [6.45, 7) is 1.83. The van der Waals surface area contributed by atoms with E-state index >= 15 is 0 Å². The van der Waals surface area contributed by atoms with Gasteiger partial charge in [0.05, 0.1) is 11.7 Å². The van der Waals surface area contributed by atoms with Crippen molar-refractivity contribution in [3.8, 4) is 11.5 Å². The molecule has 7 heteroatoms. The molecule has 1 aliphatic rings. The molecule has 0 N–H and O–H groups in total. The van der Waals surface area contributed by atoms with Crippen molar-refractivity contribution in [1.82, 2.24) is 15.1 Å². The second kappa shape index (κ2) is 7.84. The van der Waals surface area contributed by atoms with Crippen molar-refractivity contribution in [3.63, 3.8) is 0 Å². The van der Waals surface area contributed by atoms with Crippen LogP contribution in [-0.4, -0.2) is 41.4 Å². The molecule has 0 bridgehead atoms. The number of ether oxygens (including phenoxy) is 1. The van der Waals surface area contributed by atoms with Gasteiger partial charge >= 0.3 is 0 Å². The first-order valence-electron chi connectivity index (χ1n) is 9.02. The van der Waals surface area contributed by atoms with E-state index in [0.29, 0.717) is 18.1 Å². The number of hydrogen-bond acceptors (Lipinski definition) is 6. The Morgan fingerprint density at radius 2 is 2.07 bits per heavy atom. The minimum atomic E-state index is -0.260. The molecule has 6 nitrogen and oxygen atoms in total. The summed E-state index contributed by atoms with van der Waals surface area (Å²) in [6.07, 6.45) is 4.68. The maximum Gasteiger partial charge on any atom is 0.259 e. The van der Waals surface area contributed by atoms with Gasteiger partial charge in [-0.15, -0.1) is 0 Å². The maximum atomic E-state index is 13.0. The predicted molar refractivity (Wildman–Crippen MR) is 99.0 cm³/mol. The van der Waals surface area contributed by atoms with E-state index in [1.54, 1.807) is 25.4 Å². The van der Waals surface area contributed by atoms with Crippen LogP contribution in [-0.2, 0) is 11.2 Å². The quantitative estimate of drug-likeness (QED) is 0.687. The van der Waals surface area contributed by atoms with Crippen molar-refractivity contribution in [1.29, 1.82) is 0 Å². The van der Waals surface area contributed by atoms with Gasteiger partial charge in [0.2, 0.25) is 0 Å². The standard InChI is InChI=1S/C20H21FN4O2/c1-26-17-3-2-10-25(13-17)19-9-6-15(12-22-19)20-23-18(24-27-20)11-14-4-7-16(21)8-5-14/h4-9,12,17H,2-3,10-11,13H2,1H3. The Bertz CT molecular complexity index is 880. The van der Waals surface area contributed by atoms with E-state index in [-0.39, 0.29) is 11.9 Å². The molecule has 27 heavy (non-hydrogen) atoms. The monoisotopic (exact) mass is 368 g/mol. The molecule has 2 aromatic heterocycles. The summed E-state index contributed by atoms with van der Waals surface area (Å²) in [4.78, 5) is 11.2. The van der Waals surface area contributed by atoms with Crippen molar-refractivity contribution in [3.05, 3.63) is 59.8 Å². The van der Waals surface area contributed by atoms with Gasteiger partial charge in [-0.05, 0) is 42.7 Å². The highest BCUT2D eigenvalue weighted by Gasteiger charge is 2.20. The first-order chi connectivity index (χ1) is 13.2. The van der Waals surface area contributed by atoms with Gasteiger partial charge in [0.25, 0.3) is 5.89 Å². The molecular weight excluding hydrogens is 347 g/mol. The highest BCUT2D eigenvalue weighted by Crippen LogP contribution is 2.23.